The van der Waals surface area contributed by atoms with Crippen LogP contribution in [0.4, 0.5) is 10.6 Å². The van der Waals surface area contributed by atoms with Gasteiger partial charge in [-0.2, -0.15) is 0 Å². The fourth-order valence-corrected chi connectivity index (χ4v) is 7.77. The highest BCUT2D eigenvalue weighted by Gasteiger charge is 2.53. The van der Waals surface area contributed by atoms with Gasteiger partial charge in [0.25, 0.3) is 0 Å². The maximum absolute atomic E-state index is 13.1. The van der Waals surface area contributed by atoms with Crippen LogP contribution in [0, 0.1) is 17.3 Å². The second-order valence-corrected chi connectivity index (χ2v) is 14.6. The Labute approximate surface area is 275 Å². The summed E-state index contributed by atoms with van der Waals surface area (Å²) < 4.78 is 0. The van der Waals surface area contributed by atoms with Crippen LogP contribution in [0.15, 0.2) is 60.7 Å². The molecular weight excluding hydrogens is 594 g/mol. The lowest BCUT2D eigenvalue weighted by Crippen LogP contribution is -2.61. The van der Waals surface area contributed by atoms with Gasteiger partial charge in [-0.1, -0.05) is 68.4 Å². The van der Waals surface area contributed by atoms with Crippen molar-refractivity contribution in [3.05, 3.63) is 66.2 Å². The summed E-state index contributed by atoms with van der Waals surface area (Å²) in [6.45, 7) is 5.96. The summed E-state index contributed by atoms with van der Waals surface area (Å²) in [7, 11) is 0. The van der Waals surface area contributed by atoms with Gasteiger partial charge in [0.05, 0.1) is 16.6 Å². The molecule has 0 spiro atoms. The smallest absolute Gasteiger partial charge is 0.405 e. The molecule has 10 heteroatoms. The van der Waals surface area contributed by atoms with Crippen molar-refractivity contribution in [2.45, 2.75) is 95.7 Å². The second kappa shape index (κ2) is 12.7. The molecule has 0 radical (unpaired) electrons. The lowest BCUT2D eigenvalue weighted by Gasteiger charge is -2.51. The van der Waals surface area contributed by atoms with Crippen molar-refractivity contribution in [3.8, 4) is 22.4 Å². The Bertz CT molecular complexity index is 1620. The number of aromatic nitrogens is 2. The van der Waals surface area contributed by atoms with Gasteiger partial charge in [-0.3, -0.25) is 9.59 Å². The quantitative estimate of drug-likeness (QED) is 0.176. The topological polar surface area (TPSA) is 154 Å². The van der Waals surface area contributed by atoms with Crippen molar-refractivity contribution in [2.24, 2.45) is 17.3 Å². The fraction of sp³-hybridized carbons (Fsp3) is 0.486. The highest BCUT2D eigenvalue weighted by molar-refractivity contribution is 5.91. The van der Waals surface area contributed by atoms with E-state index in [0.29, 0.717) is 23.9 Å². The van der Waals surface area contributed by atoms with Crippen LogP contribution in [0.3, 0.4) is 0 Å². The van der Waals surface area contributed by atoms with Gasteiger partial charge in [-0.25, -0.2) is 4.79 Å². The standard InChI is InChI=1S/C37H45N5O5/c1-23(2)36(17-18-36)33(44)38-28-15-9-24(10-16-28)19-31(43)39-30-20-29(25-7-5-4-6-8-25)32(42-41-30)26-11-13-27(14-12-26)37(40-34(45)46)21-35(3,47)22-37/h4-8,11-14,20,23-24,28,40,47H,9-10,15-19,21-22H2,1-3H3,(H,38,44)(H,45,46)(H,39,41,43)/t24-,28-,35-,37-. The number of rotatable bonds is 10. The second-order valence-electron chi connectivity index (χ2n) is 14.6. The minimum atomic E-state index is -1.14. The predicted octanol–water partition coefficient (Wildman–Crippen LogP) is 6.26. The molecule has 0 bridgehead atoms. The molecule has 248 valence electrons. The summed E-state index contributed by atoms with van der Waals surface area (Å²) in [5.74, 6) is 1.08. The van der Waals surface area contributed by atoms with Crippen molar-refractivity contribution >= 4 is 23.7 Å². The summed E-state index contributed by atoms with van der Waals surface area (Å²) in [6, 6.07) is 19.3. The van der Waals surface area contributed by atoms with Crippen LogP contribution >= 0.6 is 0 Å². The summed E-state index contributed by atoms with van der Waals surface area (Å²) in [4.78, 5) is 37.5. The minimum Gasteiger partial charge on any atom is -0.465 e. The molecule has 2 aromatic carbocycles. The van der Waals surface area contributed by atoms with E-state index in [0.717, 1.165) is 60.8 Å². The number of benzene rings is 2. The molecule has 5 N–H and O–H groups in total. The van der Waals surface area contributed by atoms with Gasteiger partial charge in [-0.05, 0) is 74.5 Å². The number of nitrogens with zero attached hydrogens (tertiary/aromatic N) is 2. The highest BCUT2D eigenvalue weighted by atomic mass is 16.4. The van der Waals surface area contributed by atoms with E-state index in [1.54, 1.807) is 6.92 Å². The molecule has 0 saturated heterocycles. The third-order valence-electron chi connectivity index (χ3n) is 10.6. The van der Waals surface area contributed by atoms with Crippen molar-refractivity contribution in [3.63, 3.8) is 0 Å². The van der Waals surface area contributed by atoms with Crippen LogP contribution in [0.1, 0.15) is 84.1 Å². The molecule has 3 aliphatic carbocycles. The summed E-state index contributed by atoms with van der Waals surface area (Å²) >= 11 is 0. The maximum Gasteiger partial charge on any atom is 0.405 e. The van der Waals surface area contributed by atoms with E-state index in [9.17, 15) is 24.6 Å². The zero-order valence-corrected chi connectivity index (χ0v) is 27.4. The van der Waals surface area contributed by atoms with Crippen molar-refractivity contribution in [2.75, 3.05) is 5.32 Å². The molecule has 1 heterocycles. The molecular formula is C37H45N5O5. The predicted molar refractivity (Wildman–Crippen MR) is 179 cm³/mol. The molecule has 0 aliphatic heterocycles. The molecule has 6 rings (SSSR count). The van der Waals surface area contributed by atoms with Crippen LogP contribution in [-0.4, -0.2) is 50.0 Å². The van der Waals surface area contributed by atoms with Crippen LogP contribution in [0.25, 0.3) is 22.4 Å². The molecule has 3 aliphatic rings. The minimum absolute atomic E-state index is 0.104. The van der Waals surface area contributed by atoms with Crippen molar-refractivity contribution in [1.82, 2.24) is 20.8 Å². The molecule has 3 amide bonds. The Morgan fingerprint density at radius 3 is 2.15 bits per heavy atom. The normalized spacial score (nSPS) is 26.1. The van der Waals surface area contributed by atoms with E-state index in [-0.39, 0.29) is 42.0 Å². The Morgan fingerprint density at radius 1 is 0.915 bits per heavy atom. The Balaban J connectivity index is 1.12. The molecule has 10 nitrogen and oxygen atoms in total. The zero-order chi connectivity index (χ0) is 33.4. The van der Waals surface area contributed by atoms with E-state index < -0.39 is 17.2 Å². The van der Waals surface area contributed by atoms with Crippen molar-refractivity contribution < 1.29 is 24.6 Å². The number of aliphatic hydroxyl groups is 1. The fourth-order valence-electron chi connectivity index (χ4n) is 7.77. The van der Waals surface area contributed by atoms with E-state index in [2.05, 4.69) is 40.0 Å². The Morgan fingerprint density at radius 2 is 1.57 bits per heavy atom. The molecule has 3 saturated carbocycles. The van der Waals surface area contributed by atoms with Crippen LogP contribution in [0.2, 0.25) is 0 Å². The van der Waals surface area contributed by atoms with Gasteiger partial charge >= 0.3 is 6.09 Å². The highest BCUT2D eigenvalue weighted by Crippen LogP contribution is 2.52. The monoisotopic (exact) mass is 639 g/mol. The number of nitrogens with one attached hydrogen (secondary N) is 3. The summed E-state index contributed by atoms with van der Waals surface area (Å²) in [6.07, 6.45) is 5.33. The molecule has 47 heavy (non-hydrogen) atoms. The van der Waals surface area contributed by atoms with Gasteiger partial charge in [0.15, 0.2) is 5.82 Å². The SMILES string of the molecule is CC(C)C1(C(=O)N[C@H]2CC[C@H](CC(=O)Nc3cc(-c4ccccc4)c(-c4ccc([C@]5(NC(=O)O)C[C@](C)(O)C5)cc4)nn3)CC2)CC1. The van der Waals surface area contributed by atoms with Crippen LogP contribution in [-0.2, 0) is 15.1 Å². The third-order valence-corrected chi connectivity index (χ3v) is 10.6. The van der Waals surface area contributed by atoms with Crippen LogP contribution < -0.4 is 16.0 Å². The van der Waals surface area contributed by atoms with Gasteiger partial charge in [0, 0.05) is 36.4 Å². The number of hydrogen-bond acceptors (Lipinski definition) is 6. The number of carbonyl (C=O) groups is 3. The first kappa shape index (κ1) is 32.6. The van der Waals surface area contributed by atoms with Gasteiger partial charge < -0.3 is 26.2 Å². The lowest BCUT2D eigenvalue weighted by molar-refractivity contribution is -0.129. The maximum atomic E-state index is 13.1. The number of hydrogen-bond donors (Lipinski definition) is 5. The molecule has 3 fully saturated rings. The van der Waals surface area contributed by atoms with Gasteiger partial charge in [0.2, 0.25) is 11.8 Å². The largest absolute Gasteiger partial charge is 0.465 e. The first-order valence-electron chi connectivity index (χ1n) is 16.8. The number of carboxylic acid groups (broad SMARTS) is 1. The van der Waals surface area contributed by atoms with Crippen LogP contribution in [0.5, 0.6) is 0 Å². The molecule has 0 atom stereocenters. The number of amides is 3. The average Bonchev–Trinajstić information content (AvgIpc) is 3.84. The van der Waals surface area contributed by atoms with Crippen molar-refractivity contribution in [1.29, 1.82) is 0 Å². The number of anilines is 1. The first-order chi connectivity index (χ1) is 22.4. The third kappa shape index (κ3) is 7.02. The molecule has 0 unspecified atom stereocenters. The Kier molecular flexibility index (Phi) is 8.82. The lowest BCUT2D eigenvalue weighted by atomic mass is 9.62. The van der Waals surface area contributed by atoms with E-state index in [4.69, 9.17) is 0 Å². The molecule has 3 aromatic rings. The van der Waals surface area contributed by atoms with Gasteiger partial charge in [-0.15, -0.1) is 10.2 Å². The van der Waals surface area contributed by atoms with Gasteiger partial charge in [0.1, 0.15) is 5.69 Å². The average molecular weight is 640 g/mol. The van der Waals surface area contributed by atoms with E-state index in [1.807, 2.05) is 60.7 Å². The Hall–Kier alpha value is -4.31. The summed E-state index contributed by atoms with van der Waals surface area (Å²) in [5, 5.41) is 37.6. The van der Waals surface area contributed by atoms with E-state index in [1.165, 1.54) is 0 Å². The number of carbonyl (C=O) groups excluding carboxylic acids is 2. The molecule has 1 aromatic heterocycles. The summed E-state index contributed by atoms with van der Waals surface area (Å²) in [5.41, 5.74) is 1.96. The first-order valence-corrected chi connectivity index (χ1v) is 16.8. The van der Waals surface area contributed by atoms with E-state index >= 15 is 0 Å². The zero-order valence-electron chi connectivity index (χ0n) is 27.4.